The first-order valence-corrected chi connectivity index (χ1v) is 11.9. The second-order valence-electron chi connectivity index (χ2n) is 8.93. The predicted octanol–water partition coefficient (Wildman–Crippen LogP) is 3.09. The van der Waals surface area contributed by atoms with Crippen molar-refractivity contribution < 1.29 is 23.9 Å². The minimum absolute atomic E-state index is 0.0636. The lowest BCUT2D eigenvalue weighted by molar-refractivity contribution is -0.136. The fourth-order valence-corrected chi connectivity index (χ4v) is 4.36. The van der Waals surface area contributed by atoms with Gasteiger partial charge in [-0.15, -0.1) is 0 Å². The van der Waals surface area contributed by atoms with E-state index in [2.05, 4.69) is 10.6 Å². The summed E-state index contributed by atoms with van der Waals surface area (Å²) in [6.45, 7) is 3.97. The smallest absolute Gasteiger partial charge is 0.410 e. The van der Waals surface area contributed by atoms with Crippen molar-refractivity contribution in [2.75, 3.05) is 36.4 Å². The number of piperidine rings is 1. The maximum atomic E-state index is 12.4. The highest BCUT2D eigenvalue weighted by atomic mass is 16.6. The lowest BCUT2D eigenvalue weighted by Gasteiger charge is -2.31. The van der Waals surface area contributed by atoms with Gasteiger partial charge in [0.1, 0.15) is 5.75 Å². The number of likely N-dealkylation sites (tertiary alicyclic amines) is 1. The highest BCUT2D eigenvalue weighted by molar-refractivity contribution is 6.39. The van der Waals surface area contributed by atoms with Crippen LogP contribution in [0.25, 0.3) is 0 Å². The van der Waals surface area contributed by atoms with E-state index in [1.54, 1.807) is 46.2 Å². The Morgan fingerprint density at radius 3 is 2.43 bits per heavy atom. The van der Waals surface area contributed by atoms with Gasteiger partial charge in [-0.2, -0.15) is 0 Å². The topological polar surface area (TPSA) is 108 Å². The Morgan fingerprint density at radius 2 is 1.74 bits per heavy atom. The molecule has 0 spiro atoms. The number of ether oxygens (including phenoxy) is 1. The Hall–Kier alpha value is -3.88. The summed E-state index contributed by atoms with van der Waals surface area (Å²) in [6.07, 6.45) is 2.36. The van der Waals surface area contributed by atoms with Crippen molar-refractivity contribution in [3.05, 3.63) is 54.1 Å². The molecule has 0 bridgehead atoms. The Bertz CT molecular complexity index is 1100. The molecule has 0 unspecified atom stereocenters. The Labute approximate surface area is 204 Å². The molecule has 9 nitrogen and oxygen atoms in total. The van der Waals surface area contributed by atoms with Crippen LogP contribution in [0, 0.1) is 12.8 Å². The number of nitrogens with zero attached hydrogens (tertiary/aromatic N) is 2. The van der Waals surface area contributed by atoms with Crippen molar-refractivity contribution in [1.29, 1.82) is 0 Å². The summed E-state index contributed by atoms with van der Waals surface area (Å²) < 4.78 is 5.37. The molecular weight excluding hydrogens is 448 g/mol. The van der Waals surface area contributed by atoms with Gasteiger partial charge < -0.3 is 25.2 Å². The van der Waals surface area contributed by atoms with Crippen LogP contribution in [0.4, 0.5) is 16.2 Å². The van der Waals surface area contributed by atoms with Gasteiger partial charge in [0.05, 0.1) is 0 Å². The molecule has 35 heavy (non-hydrogen) atoms. The molecule has 0 aliphatic carbocycles. The lowest BCUT2D eigenvalue weighted by atomic mass is 9.97. The number of hydrogen-bond donors (Lipinski definition) is 2. The average molecular weight is 479 g/mol. The number of carbonyl (C=O) groups is 4. The van der Waals surface area contributed by atoms with Crippen LogP contribution >= 0.6 is 0 Å². The van der Waals surface area contributed by atoms with E-state index in [1.807, 2.05) is 19.1 Å². The first-order chi connectivity index (χ1) is 16.9. The fourth-order valence-electron chi connectivity index (χ4n) is 4.36. The number of anilines is 2. The van der Waals surface area contributed by atoms with Crippen LogP contribution in [-0.2, 0) is 14.4 Å². The van der Waals surface area contributed by atoms with Gasteiger partial charge in [0.25, 0.3) is 0 Å². The quantitative estimate of drug-likeness (QED) is 0.642. The minimum Gasteiger partial charge on any atom is -0.410 e. The van der Waals surface area contributed by atoms with E-state index in [0.717, 1.165) is 17.7 Å². The molecule has 2 heterocycles. The van der Waals surface area contributed by atoms with Crippen LogP contribution in [-0.4, -0.2) is 54.9 Å². The second kappa shape index (κ2) is 11.0. The molecule has 2 N–H and O–H groups in total. The van der Waals surface area contributed by atoms with Crippen molar-refractivity contribution in [2.24, 2.45) is 5.92 Å². The molecule has 184 valence electrons. The Morgan fingerprint density at radius 1 is 1.00 bits per heavy atom. The summed E-state index contributed by atoms with van der Waals surface area (Å²) in [6, 6.07) is 14.2. The summed E-state index contributed by atoms with van der Waals surface area (Å²) in [5.41, 5.74) is 2.15. The van der Waals surface area contributed by atoms with Crippen molar-refractivity contribution >= 4 is 35.2 Å². The molecule has 9 heteroatoms. The molecule has 4 amide bonds. The molecule has 2 aromatic carbocycles. The molecule has 2 saturated heterocycles. The predicted molar refractivity (Wildman–Crippen MR) is 131 cm³/mol. The van der Waals surface area contributed by atoms with Gasteiger partial charge in [0, 0.05) is 44.0 Å². The van der Waals surface area contributed by atoms with Gasteiger partial charge >= 0.3 is 17.9 Å². The molecule has 0 saturated carbocycles. The van der Waals surface area contributed by atoms with Gasteiger partial charge in [-0.25, -0.2) is 4.79 Å². The number of para-hydroxylation sites is 1. The monoisotopic (exact) mass is 478 g/mol. The summed E-state index contributed by atoms with van der Waals surface area (Å²) in [4.78, 5) is 52.5. The van der Waals surface area contributed by atoms with E-state index >= 15 is 0 Å². The van der Waals surface area contributed by atoms with Gasteiger partial charge in [-0.1, -0.05) is 24.3 Å². The molecule has 2 aromatic rings. The molecule has 0 radical (unpaired) electrons. The highest BCUT2D eigenvalue weighted by Crippen LogP contribution is 2.28. The van der Waals surface area contributed by atoms with Crippen LogP contribution < -0.4 is 20.3 Å². The molecule has 2 aliphatic heterocycles. The number of benzene rings is 2. The molecule has 4 rings (SSSR count). The van der Waals surface area contributed by atoms with Gasteiger partial charge in [0.15, 0.2) is 0 Å². The minimum atomic E-state index is -0.753. The number of carbonyl (C=O) groups excluding carboxylic acids is 4. The zero-order valence-corrected chi connectivity index (χ0v) is 19.8. The zero-order chi connectivity index (χ0) is 24.8. The van der Waals surface area contributed by atoms with Crippen molar-refractivity contribution in [1.82, 2.24) is 10.2 Å². The maximum Gasteiger partial charge on any atom is 0.415 e. The standard InChI is InChI=1S/C26H30N4O5/c1-18-9-10-20(16-22(18)30-13-5-8-23(30)31)28-25(33)24(32)27-17-19-11-14-29(15-12-19)26(34)35-21-6-3-2-4-7-21/h2-4,6-7,9-10,16,19H,5,8,11-15,17H2,1H3,(H,27,32)(H,28,33). The molecule has 2 aliphatic rings. The molecular formula is C26H30N4O5. The van der Waals surface area contributed by atoms with Gasteiger partial charge in [-0.05, 0) is 61.9 Å². The third kappa shape index (κ3) is 6.17. The SMILES string of the molecule is Cc1ccc(NC(=O)C(=O)NCC2CCN(C(=O)Oc3ccccc3)CC2)cc1N1CCCC1=O. The highest BCUT2D eigenvalue weighted by Gasteiger charge is 2.26. The van der Waals surface area contributed by atoms with Crippen LogP contribution in [0.5, 0.6) is 5.75 Å². The number of amides is 4. The summed E-state index contributed by atoms with van der Waals surface area (Å²) >= 11 is 0. The van der Waals surface area contributed by atoms with E-state index in [1.165, 1.54) is 0 Å². The van der Waals surface area contributed by atoms with E-state index in [9.17, 15) is 19.2 Å². The summed E-state index contributed by atoms with van der Waals surface area (Å²) in [5.74, 6) is -0.731. The fraction of sp³-hybridized carbons (Fsp3) is 0.385. The number of nitrogens with one attached hydrogen (secondary N) is 2. The third-order valence-corrected chi connectivity index (χ3v) is 6.41. The zero-order valence-electron chi connectivity index (χ0n) is 19.8. The Kier molecular flexibility index (Phi) is 7.64. The van der Waals surface area contributed by atoms with Crippen molar-refractivity contribution in [3.63, 3.8) is 0 Å². The first-order valence-electron chi connectivity index (χ1n) is 11.9. The van der Waals surface area contributed by atoms with Crippen LogP contribution in [0.15, 0.2) is 48.5 Å². The van der Waals surface area contributed by atoms with E-state index in [0.29, 0.717) is 56.9 Å². The third-order valence-electron chi connectivity index (χ3n) is 6.41. The largest absolute Gasteiger partial charge is 0.415 e. The summed E-state index contributed by atoms with van der Waals surface area (Å²) in [7, 11) is 0. The average Bonchev–Trinajstić information content (AvgIpc) is 3.30. The van der Waals surface area contributed by atoms with Gasteiger partial charge in [-0.3, -0.25) is 14.4 Å². The molecule has 0 aromatic heterocycles. The normalized spacial score (nSPS) is 16.2. The lowest BCUT2D eigenvalue weighted by Crippen LogP contribution is -2.44. The maximum absolute atomic E-state index is 12.4. The van der Waals surface area contributed by atoms with Crippen molar-refractivity contribution in [2.45, 2.75) is 32.6 Å². The van der Waals surface area contributed by atoms with E-state index in [4.69, 9.17) is 4.74 Å². The van der Waals surface area contributed by atoms with Crippen LogP contribution in [0.2, 0.25) is 0 Å². The number of aryl methyl sites for hydroxylation is 1. The number of hydrogen-bond acceptors (Lipinski definition) is 5. The second-order valence-corrected chi connectivity index (χ2v) is 8.93. The van der Waals surface area contributed by atoms with Gasteiger partial charge in [0.2, 0.25) is 5.91 Å². The van der Waals surface area contributed by atoms with Crippen LogP contribution in [0.3, 0.4) is 0 Å². The first kappa shape index (κ1) is 24.3. The molecule has 2 fully saturated rings. The molecule has 0 atom stereocenters. The summed E-state index contributed by atoms with van der Waals surface area (Å²) in [5, 5.41) is 5.32. The number of rotatable bonds is 5. The van der Waals surface area contributed by atoms with E-state index in [-0.39, 0.29) is 17.9 Å². The Balaban J connectivity index is 1.22. The van der Waals surface area contributed by atoms with E-state index < -0.39 is 11.8 Å². The van der Waals surface area contributed by atoms with Crippen molar-refractivity contribution in [3.8, 4) is 5.75 Å². The van der Waals surface area contributed by atoms with Crippen LogP contribution in [0.1, 0.15) is 31.2 Å².